The molecule has 0 saturated carbocycles. The van der Waals surface area contributed by atoms with Gasteiger partial charge in [-0.25, -0.2) is 0 Å². The van der Waals surface area contributed by atoms with Crippen LogP contribution in [0.2, 0.25) is 0 Å². The van der Waals surface area contributed by atoms with Gasteiger partial charge in [0.05, 0.1) is 7.11 Å². The van der Waals surface area contributed by atoms with Gasteiger partial charge in [-0.3, -0.25) is 0 Å². The van der Waals surface area contributed by atoms with Crippen LogP contribution in [0.5, 0.6) is 5.75 Å². The number of hydrogen-bond donors (Lipinski definition) is 0. The summed E-state index contributed by atoms with van der Waals surface area (Å²) in [7, 11) is 3.65. The second-order valence-corrected chi connectivity index (χ2v) is 3.54. The number of rotatable bonds is 6. The summed E-state index contributed by atoms with van der Waals surface area (Å²) in [5.41, 5.74) is 9.34. The maximum atomic E-state index is 8.16. The summed E-state index contributed by atoms with van der Waals surface area (Å²) in [5, 5.41) is 3.50. The average molecular weight is 220 g/mol. The predicted octanol–water partition coefficient (Wildman–Crippen LogP) is 2.44. The van der Waals surface area contributed by atoms with Gasteiger partial charge in [0, 0.05) is 24.5 Å². The Labute approximate surface area is 95.3 Å². The van der Waals surface area contributed by atoms with E-state index in [4.69, 9.17) is 10.3 Å². The van der Waals surface area contributed by atoms with Crippen molar-refractivity contribution >= 4 is 0 Å². The van der Waals surface area contributed by atoms with Crippen molar-refractivity contribution in [2.45, 2.75) is 6.54 Å². The van der Waals surface area contributed by atoms with Crippen LogP contribution in [0.15, 0.2) is 29.4 Å². The van der Waals surface area contributed by atoms with E-state index in [1.54, 1.807) is 7.11 Å². The number of hydrogen-bond acceptors (Lipinski definition) is 3. The molecule has 5 nitrogen and oxygen atoms in total. The molecule has 0 heterocycles. The lowest BCUT2D eigenvalue weighted by Gasteiger charge is -2.15. The van der Waals surface area contributed by atoms with Gasteiger partial charge in [0.2, 0.25) is 0 Å². The molecule has 0 atom stereocenters. The normalized spacial score (nSPS) is 9.94. The summed E-state index contributed by atoms with van der Waals surface area (Å²) in [4.78, 5) is 4.82. The number of azide groups is 1. The lowest BCUT2D eigenvalue weighted by molar-refractivity contribution is 0.335. The summed E-state index contributed by atoms with van der Waals surface area (Å²) >= 11 is 0. The monoisotopic (exact) mass is 220 g/mol. The summed E-state index contributed by atoms with van der Waals surface area (Å²) in [6.07, 6.45) is 0. The fourth-order valence-electron chi connectivity index (χ4n) is 1.42. The zero-order chi connectivity index (χ0) is 11.8. The van der Waals surface area contributed by atoms with Crippen molar-refractivity contribution < 1.29 is 4.74 Å². The third-order valence-corrected chi connectivity index (χ3v) is 2.23. The molecule has 0 saturated heterocycles. The zero-order valence-electron chi connectivity index (χ0n) is 9.63. The Morgan fingerprint density at radius 1 is 1.50 bits per heavy atom. The Morgan fingerprint density at radius 3 is 3.00 bits per heavy atom. The molecule has 1 rings (SSSR count). The summed E-state index contributed by atoms with van der Waals surface area (Å²) < 4.78 is 5.15. The first-order valence-corrected chi connectivity index (χ1v) is 5.08. The first kappa shape index (κ1) is 12.4. The van der Waals surface area contributed by atoms with Crippen LogP contribution < -0.4 is 4.74 Å². The quantitative estimate of drug-likeness (QED) is 0.420. The molecule has 0 aliphatic heterocycles. The number of likely N-dealkylation sites (N-methyl/N-ethyl adjacent to an activating group) is 1. The van der Waals surface area contributed by atoms with Gasteiger partial charge in [-0.05, 0) is 30.3 Å². The maximum Gasteiger partial charge on any atom is 0.119 e. The number of benzene rings is 1. The molecule has 0 aromatic heterocycles. The molecular weight excluding hydrogens is 204 g/mol. The van der Waals surface area contributed by atoms with Crippen molar-refractivity contribution in [3.05, 3.63) is 40.3 Å². The minimum Gasteiger partial charge on any atom is -0.497 e. The molecule has 0 amide bonds. The smallest absolute Gasteiger partial charge is 0.119 e. The third-order valence-electron chi connectivity index (χ3n) is 2.23. The summed E-state index contributed by atoms with van der Waals surface area (Å²) in [6, 6.07) is 7.94. The molecule has 16 heavy (non-hydrogen) atoms. The minimum absolute atomic E-state index is 0.497. The average Bonchev–Trinajstić information content (AvgIpc) is 2.29. The highest BCUT2D eigenvalue weighted by Gasteiger charge is 2.00. The van der Waals surface area contributed by atoms with Gasteiger partial charge >= 0.3 is 0 Å². The molecule has 1 aromatic carbocycles. The van der Waals surface area contributed by atoms with Gasteiger partial charge in [-0.15, -0.1) is 0 Å². The van der Waals surface area contributed by atoms with E-state index in [2.05, 4.69) is 14.9 Å². The fraction of sp³-hybridized carbons (Fsp3) is 0.455. The van der Waals surface area contributed by atoms with Gasteiger partial charge in [0.15, 0.2) is 0 Å². The predicted molar refractivity (Wildman–Crippen MR) is 63.3 cm³/mol. The standard InChI is InChI=1S/C11H16N4O/c1-15(7-6-13-14-12)9-10-4-3-5-11(8-10)16-2/h3-5,8H,6-7,9H2,1-2H3. The zero-order valence-corrected chi connectivity index (χ0v) is 9.63. The van der Waals surface area contributed by atoms with Crippen LogP contribution in [0.25, 0.3) is 10.4 Å². The SMILES string of the molecule is COc1cccc(CN(C)CCN=[N+]=[N-])c1. The van der Waals surface area contributed by atoms with Crippen molar-refractivity contribution in [1.82, 2.24) is 4.90 Å². The Balaban J connectivity index is 2.48. The second-order valence-electron chi connectivity index (χ2n) is 3.54. The van der Waals surface area contributed by atoms with Crippen LogP contribution in [0.4, 0.5) is 0 Å². The first-order valence-electron chi connectivity index (χ1n) is 5.08. The van der Waals surface area contributed by atoms with Crippen LogP contribution >= 0.6 is 0 Å². The molecule has 0 bridgehead atoms. The summed E-state index contributed by atoms with van der Waals surface area (Å²) in [5.74, 6) is 0.862. The lowest BCUT2D eigenvalue weighted by atomic mass is 10.2. The molecule has 1 aromatic rings. The highest BCUT2D eigenvalue weighted by atomic mass is 16.5. The molecule has 0 spiro atoms. The van der Waals surface area contributed by atoms with Crippen molar-refractivity contribution in [1.29, 1.82) is 0 Å². The van der Waals surface area contributed by atoms with E-state index < -0.39 is 0 Å². The Hall–Kier alpha value is -1.71. The second kappa shape index (κ2) is 6.71. The molecule has 86 valence electrons. The van der Waals surface area contributed by atoms with E-state index in [0.29, 0.717) is 6.54 Å². The van der Waals surface area contributed by atoms with Crippen LogP contribution in [0.1, 0.15) is 5.56 Å². The fourth-order valence-corrected chi connectivity index (χ4v) is 1.42. The van der Waals surface area contributed by atoms with E-state index in [1.165, 1.54) is 5.56 Å². The van der Waals surface area contributed by atoms with Gasteiger partial charge < -0.3 is 9.64 Å². The molecule has 0 aliphatic rings. The van der Waals surface area contributed by atoms with E-state index in [9.17, 15) is 0 Å². The first-order chi connectivity index (χ1) is 7.76. The van der Waals surface area contributed by atoms with E-state index in [1.807, 2.05) is 31.3 Å². The maximum absolute atomic E-state index is 8.16. The van der Waals surface area contributed by atoms with E-state index >= 15 is 0 Å². The largest absolute Gasteiger partial charge is 0.497 e. The van der Waals surface area contributed by atoms with E-state index in [0.717, 1.165) is 18.8 Å². The minimum atomic E-state index is 0.497. The van der Waals surface area contributed by atoms with Gasteiger partial charge in [-0.2, -0.15) is 0 Å². The lowest BCUT2D eigenvalue weighted by Crippen LogP contribution is -2.20. The number of methoxy groups -OCH3 is 1. The molecule has 0 unspecified atom stereocenters. The van der Waals surface area contributed by atoms with Crippen LogP contribution in [-0.4, -0.2) is 32.1 Å². The van der Waals surface area contributed by atoms with Gasteiger partial charge in [-0.1, -0.05) is 17.2 Å². The molecule has 0 radical (unpaired) electrons. The third kappa shape index (κ3) is 4.21. The van der Waals surface area contributed by atoms with Crippen molar-refractivity contribution in [2.24, 2.45) is 5.11 Å². The Bertz CT molecular complexity index is 374. The molecule has 0 N–H and O–H groups in total. The van der Waals surface area contributed by atoms with Crippen LogP contribution in [-0.2, 0) is 6.54 Å². The van der Waals surface area contributed by atoms with Crippen LogP contribution in [0.3, 0.4) is 0 Å². The van der Waals surface area contributed by atoms with Gasteiger partial charge in [0.25, 0.3) is 0 Å². The molecule has 0 aliphatic carbocycles. The number of ether oxygens (including phenoxy) is 1. The molecule has 0 fully saturated rings. The van der Waals surface area contributed by atoms with Crippen molar-refractivity contribution in [2.75, 3.05) is 27.2 Å². The number of nitrogens with zero attached hydrogens (tertiary/aromatic N) is 4. The Morgan fingerprint density at radius 2 is 2.31 bits per heavy atom. The van der Waals surface area contributed by atoms with Crippen molar-refractivity contribution in [3.8, 4) is 5.75 Å². The molecular formula is C11H16N4O. The highest BCUT2D eigenvalue weighted by molar-refractivity contribution is 5.28. The van der Waals surface area contributed by atoms with Crippen LogP contribution in [0, 0.1) is 0 Å². The van der Waals surface area contributed by atoms with E-state index in [-0.39, 0.29) is 0 Å². The van der Waals surface area contributed by atoms with Gasteiger partial charge in [0.1, 0.15) is 5.75 Å². The van der Waals surface area contributed by atoms with Crippen molar-refractivity contribution in [3.63, 3.8) is 0 Å². The summed E-state index contributed by atoms with van der Waals surface area (Å²) in [6.45, 7) is 2.07. The highest BCUT2D eigenvalue weighted by Crippen LogP contribution is 2.13. The molecule has 5 heteroatoms. The topological polar surface area (TPSA) is 61.2 Å². The Kier molecular flexibility index (Phi) is 5.19.